The Labute approximate surface area is 202 Å². The van der Waals surface area contributed by atoms with E-state index in [2.05, 4.69) is 107 Å². The van der Waals surface area contributed by atoms with Gasteiger partial charge in [0.2, 0.25) is 0 Å². The molecule has 2 heteroatoms. The number of rotatable bonds is 8. The van der Waals surface area contributed by atoms with Gasteiger partial charge in [-0.25, -0.2) is 0 Å². The Morgan fingerprint density at radius 3 is 0.812 bits per heavy atom. The molecule has 178 valence electrons. The Morgan fingerprint density at radius 1 is 0.438 bits per heavy atom. The van der Waals surface area contributed by atoms with Crippen LogP contribution in [0, 0.1) is 0 Å². The van der Waals surface area contributed by atoms with Gasteiger partial charge < -0.3 is 0 Å². The van der Waals surface area contributed by atoms with Gasteiger partial charge in [-0.2, -0.15) is 0 Å². The number of hydrogen-bond donors (Lipinski definition) is 0. The molecule has 0 aliphatic heterocycles. The first kappa shape index (κ1) is 27.0. The number of benzene rings is 2. The van der Waals surface area contributed by atoms with Crippen LogP contribution in [0.2, 0.25) is 0 Å². The van der Waals surface area contributed by atoms with E-state index >= 15 is 0 Å². The van der Waals surface area contributed by atoms with Crippen LogP contribution in [-0.2, 0) is 3.83 Å². The zero-order valence-corrected chi connectivity index (χ0v) is 24.3. The predicted molar refractivity (Wildman–Crippen MR) is 143 cm³/mol. The molecule has 0 unspecified atom stereocenters. The summed E-state index contributed by atoms with van der Waals surface area (Å²) >= 11 is -2.48. The van der Waals surface area contributed by atoms with Gasteiger partial charge in [0.05, 0.1) is 0 Å². The molecule has 2 aromatic carbocycles. The van der Waals surface area contributed by atoms with Crippen LogP contribution >= 0.6 is 0 Å². The standard InChI is InChI=1S/C30H46OSe/c1-17(2)23-13-25(19(5)6)29(26(14-23)20(7)8)32(31)30-27(21(9)10)15-24(18(3)4)16-28(30)22(11)12/h13-22H,1-12H3. The minimum absolute atomic E-state index is 0.348. The third kappa shape index (κ3) is 5.63. The molecule has 0 spiro atoms. The van der Waals surface area contributed by atoms with Crippen molar-refractivity contribution >= 4 is 22.8 Å². The fraction of sp³-hybridized carbons (Fsp3) is 0.600. The summed E-state index contributed by atoms with van der Waals surface area (Å²) in [4.78, 5) is 0. The molecular weight excluding hydrogens is 455 g/mol. The molecule has 2 aromatic rings. The number of hydrogen-bond acceptors (Lipinski definition) is 1. The first-order chi connectivity index (χ1) is 14.8. The van der Waals surface area contributed by atoms with Crippen LogP contribution in [0.25, 0.3) is 0 Å². The fourth-order valence-electron chi connectivity index (χ4n) is 4.31. The van der Waals surface area contributed by atoms with Gasteiger partial charge in [0.1, 0.15) is 0 Å². The van der Waals surface area contributed by atoms with Gasteiger partial charge in [-0.1, -0.05) is 0 Å². The van der Waals surface area contributed by atoms with Crippen LogP contribution in [0.4, 0.5) is 0 Å². The van der Waals surface area contributed by atoms with E-state index < -0.39 is 13.8 Å². The van der Waals surface area contributed by atoms with E-state index in [0.717, 1.165) is 8.92 Å². The van der Waals surface area contributed by atoms with Crippen LogP contribution in [0.5, 0.6) is 0 Å². The quantitative estimate of drug-likeness (QED) is 0.335. The van der Waals surface area contributed by atoms with E-state index in [1.165, 1.54) is 33.4 Å². The van der Waals surface area contributed by atoms with Crippen molar-refractivity contribution in [3.63, 3.8) is 0 Å². The summed E-state index contributed by atoms with van der Waals surface area (Å²) < 4.78 is 17.0. The van der Waals surface area contributed by atoms with Crippen molar-refractivity contribution in [2.45, 2.75) is 119 Å². The molecule has 0 saturated heterocycles. The molecule has 0 amide bonds. The van der Waals surface area contributed by atoms with E-state index in [9.17, 15) is 3.83 Å². The molecule has 0 saturated carbocycles. The Morgan fingerprint density at radius 2 is 0.656 bits per heavy atom. The second-order valence-corrected chi connectivity index (χ2v) is 14.1. The average molecular weight is 502 g/mol. The molecule has 0 radical (unpaired) electrons. The summed E-state index contributed by atoms with van der Waals surface area (Å²) in [6, 6.07) is 9.38. The average Bonchev–Trinajstić information content (AvgIpc) is 2.70. The van der Waals surface area contributed by atoms with E-state index in [4.69, 9.17) is 0 Å². The fourth-order valence-corrected chi connectivity index (χ4v) is 9.01. The molecule has 0 aliphatic rings. The minimum atomic E-state index is -2.48. The molecular formula is C30H46OSe. The maximum absolute atomic E-state index is 14.7. The van der Waals surface area contributed by atoms with Crippen LogP contribution in [-0.4, -0.2) is 13.8 Å². The van der Waals surface area contributed by atoms with Crippen molar-refractivity contribution in [1.82, 2.24) is 0 Å². The molecule has 1 nitrogen and oxygen atoms in total. The van der Waals surface area contributed by atoms with Crippen LogP contribution in [0.3, 0.4) is 0 Å². The van der Waals surface area contributed by atoms with E-state index in [1.807, 2.05) is 0 Å². The van der Waals surface area contributed by atoms with Crippen molar-refractivity contribution in [3.05, 3.63) is 57.6 Å². The summed E-state index contributed by atoms with van der Waals surface area (Å²) in [5.41, 5.74) is 7.88. The van der Waals surface area contributed by atoms with Gasteiger partial charge in [0, 0.05) is 0 Å². The van der Waals surface area contributed by atoms with Gasteiger partial charge >= 0.3 is 203 Å². The Hall–Kier alpha value is -1.24. The van der Waals surface area contributed by atoms with Crippen molar-refractivity contribution in [3.8, 4) is 0 Å². The Bertz CT molecular complexity index is 825. The van der Waals surface area contributed by atoms with Gasteiger partial charge in [-0.05, 0) is 0 Å². The van der Waals surface area contributed by atoms with Crippen molar-refractivity contribution in [2.24, 2.45) is 0 Å². The van der Waals surface area contributed by atoms with Crippen molar-refractivity contribution in [1.29, 1.82) is 0 Å². The van der Waals surface area contributed by atoms with Gasteiger partial charge in [-0.15, -0.1) is 0 Å². The van der Waals surface area contributed by atoms with Crippen molar-refractivity contribution < 1.29 is 3.83 Å². The summed E-state index contributed by atoms with van der Waals surface area (Å²) in [7, 11) is 0. The molecule has 32 heavy (non-hydrogen) atoms. The van der Waals surface area contributed by atoms with Crippen LogP contribution in [0.15, 0.2) is 24.3 Å². The molecule has 0 aromatic heterocycles. The molecule has 0 fully saturated rings. The van der Waals surface area contributed by atoms with Gasteiger partial charge in [0.25, 0.3) is 0 Å². The first-order valence-corrected chi connectivity index (χ1v) is 15.0. The Balaban J connectivity index is 2.96. The zero-order valence-electron chi connectivity index (χ0n) is 22.6. The summed E-state index contributed by atoms with van der Waals surface area (Å²) in [6.07, 6.45) is 0. The zero-order chi connectivity index (χ0) is 24.5. The topological polar surface area (TPSA) is 17.1 Å². The maximum atomic E-state index is 14.7. The second kappa shape index (κ2) is 10.8. The van der Waals surface area contributed by atoms with Crippen molar-refractivity contribution in [2.75, 3.05) is 0 Å². The predicted octanol–water partition coefficient (Wildman–Crippen LogP) is 7.96. The van der Waals surface area contributed by atoms with E-state index in [0.29, 0.717) is 35.5 Å². The Kier molecular flexibility index (Phi) is 9.11. The van der Waals surface area contributed by atoms with E-state index in [1.54, 1.807) is 0 Å². The first-order valence-electron chi connectivity index (χ1n) is 12.5. The summed E-state index contributed by atoms with van der Waals surface area (Å²) in [5, 5.41) is 0. The van der Waals surface area contributed by atoms with E-state index in [-0.39, 0.29) is 0 Å². The third-order valence-corrected chi connectivity index (χ3v) is 10.1. The molecule has 0 N–H and O–H groups in total. The third-order valence-electron chi connectivity index (χ3n) is 6.53. The summed E-state index contributed by atoms with van der Waals surface area (Å²) in [6.45, 7) is 27.0. The molecule has 0 bridgehead atoms. The van der Waals surface area contributed by atoms with Crippen LogP contribution < -0.4 is 8.92 Å². The molecule has 0 heterocycles. The van der Waals surface area contributed by atoms with Gasteiger partial charge in [0.15, 0.2) is 0 Å². The van der Waals surface area contributed by atoms with Gasteiger partial charge in [-0.3, -0.25) is 0 Å². The molecule has 2 rings (SSSR count). The normalized spacial score (nSPS) is 12.6. The molecule has 0 atom stereocenters. The SMILES string of the molecule is CC(C)c1cc(C(C)C)c([Se](=O)c2c(C(C)C)cc(C(C)C)cc2C(C)C)c(C(C)C)c1. The van der Waals surface area contributed by atoms with Crippen LogP contribution in [0.1, 0.15) is 152 Å². The second-order valence-electron chi connectivity index (χ2n) is 11.3. The summed E-state index contributed by atoms with van der Waals surface area (Å²) in [5.74, 6) is 2.32. The molecule has 0 aliphatic carbocycles. The monoisotopic (exact) mass is 502 g/mol.